The van der Waals surface area contributed by atoms with E-state index in [1.165, 1.54) is 38.4 Å². The van der Waals surface area contributed by atoms with Gasteiger partial charge in [0, 0.05) is 6.54 Å². The minimum atomic E-state index is 0.401. The van der Waals surface area contributed by atoms with E-state index in [-0.39, 0.29) is 0 Å². The average molecular weight is 180 g/mol. The zero-order valence-corrected chi connectivity index (χ0v) is 9.27. The first-order chi connectivity index (χ1) is 6.06. The largest absolute Gasteiger partial charge is 0.303 e. The Morgan fingerprint density at radius 2 is 1.92 bits per heavy atom. The molecule has 0 aliphatic carbocycles. The predicted octanol–water partition coefficient (Wildman–Crippen LogP) is 2.89. The topological polar surface area (TPSA) is 3.24 Å². The molecule has 0 saturated carbocycles. The number of rotatable bonds is 3. The number of hydrogen-bond acceptors (Lipinski definition) is 1. The van der Waals surface area contributed by atoms with Crippen LogP contribution in [-0.2, 0) is 0 Å². The van der Waals surface area contributed by atoms with Crippen LogP contribution in [0, 0.1) is 11.3 Å². The molecule has 1 fully saturated rings. The van der Waals surface area contributed by atoms with Crippen molar-refractivity contribution in [1.82, 2.24) is 4.90 Å². The highest BCUT2D eigenvalue weighted by Gasteiger charge is 2.26. The van der Waals surface area contributed by atoms with Crippen LogP contribution < -0.4 is 0 Å². The zero-order chi connectivity index (χ0) is 9.90. The number of nitrogens with zero attached hydrogens (tertiary/aromatic N) is 1. The van der Waals surface area contributed by atoms with Crippen LogP contribution in [0.3, 0.4) is 0 Å². The van der Waals surface area contributed by atoms with Crippen LogP contribution in [0.1, 0.15) is 33.6 Å². The van der Waals surface area contributed by atoms with E-state index in [1.807, 2.05) is 0 Å². The first-order valence-electron chi connectivity index (χ1n) is 5.21. The van der Waals surface area contributed by atoms with Crippen molar-refractivity contribution in [1.29, 1.82) is 0 Å². The maximum absolute atomic E-state index is 3.92. The van der Waals surface area contributed by atoms with Crippen LogP contribution in [-0.4, -0.2) is 24.5 Å². The molecular formula is C12H22N. The summed E-state index contributed by atoms with van der Waals surface area (Å²) in [5, 5.41) is 0. The molecule has 0 aromatic carbocycles. The third-order valence-corrected chi connectivity index (χ3v) is 3.03. The van der Waals surface area contributed by atoms with E-state index >= 15 is 0 Å². The average Bonchev–Trinajstić information content (AvgIpc) is 2.09. The Bertz CT molecular complexity index is 164. The fourth-order valence-corrected chi connectivity index (χ4v) is 1.87. The number of piperidine rings is 1. The molecule has 75 valence electrons. The highest BCUT2D eigenvalue weighted by atomic mass is 15.1. The second-order valence-electron chi connectivity index (χ2n) is 4.84. The third kappa shape index (κ3) is 3.15. The summed E-state index contributed by atoms with van der Waals surface area (Å²) in [6.07, 6.45) is 4.67. The number of allylic oxidation sites excluding steroid dienone is 1. The summed E-state index contributed by atoms with van der Waals surface area (Å²) < 4.78 is 0. The molecule has 0 N–H and O–H groups in total. The van der Waals surface area contributed by atoms with Gasteiger partial charge in [-0.1, -0.05) is 26.8 Å². The molecular weight excluding hydrogens is 158 g/mol. The van der Waals surface area contributed by atoms with E-state index in [4.69, 9.17) is 0 Å². The Labute approximate surface area is 82.8 Å². The molecule has 0 atom stereocenters. The van der Waals surface area contributed by atoms with Crippen molar-refractivity contribution in [3.05, 3.63) is 18.6 Å². The second-order valence-corrected chi connectivity index (χ2v) is 4.84. The van der Waals surface area contributed by atoms with E-state index in [2.05, 4.69) is 38.3 Å². The van der Waals surface area contributed by atoms with Crippen molar-refractivity contribution in [3.63, 3.8) is 0 Å². The number of hydrogen-bond donors (Lipinski definition) is 0. The minimum Gasteiger partial charge on any atom is -0.303 e. The highest BCUT2D eigenvalue weighted by molar-refractivity contribution is 4.96. The van der Waals surface area contributed by atoms with Gasteiger partial charge in [-0.15, -0.1) is 6.58 Å². The molecule has 0 spiro atoms. The molecule has 1 aliphatic heterocycles. The van der Waals surface area contributed by atoms with Gasteiger partial charge in [-0.05, 0) is 37.3 Å². The Morgan fingerprint density at radius 3 is 2.31 bits per heavy atom. The van der Waals surface area contributed by atoms with E-state index in [1.54, 1.807) is 0 Å². The predicted molar refractivity (Wildman–Crippen MR) is 58.6 cm³/mol. The zero-order valence-electron chi connectivity index (χ0n) is 9.27. The molecule has 1 heterocycles. The summed E-state index contributed by atoms with van der Waals surface area (Å²) in [6, 6.07) is 0. The van der Waals surface area contributed by atoms with Crippen molar-refractivity contribution < 1.29 is 0 Å². The molecule has 13 heavy (non-hydrogen) atoms. The molecule has 1 rings (SSSR count). The summed E-state index contributed by atoms with van der Waals surface area (Å²) in [6.45, 7) is 14.3. The molecule has 1 radical (unpaired) electrons. The van der Waals surface area contributed by atoms with Crippen LogP contribution in [0.25, 0.3) is 0 Å². The van der Waals surface area contributed by atoms with Gasteiger partial charge in [-0.2, -0.15) is 0 Å². The summed E-state index contributed by atoms with van der Waals surface area (Å²) >= 11 is 0. The molecule has 1 heteroatoms. The smallest absolute Gasteiger partial charge is 0.00383 e. The van der Waals surface area contributed by atoms with E-state index in [0.717, 1.165) is 0 Å². The van der Waals surface area contributed by atoms with Gasteiger partial charge in [-0.3, -0.25) is 0 Å². The standard InChI is InChI=1S/C12H22N/c1-5-12(4)6-8-13(9-7-12)10-11(2)3/h5H,1,6-10H2,2-4H3. The SMILES string of the molecule is C=CC1(C)CCN(C[C](C)C)CC1. The van der Waals surface area contributed by atoms with Gasteiger partial charge in [0.1, 0.15) is 0 Å². The molecule has 0 amide bonds. The molecule has 0 unspecified atom stereocenters. The van der Waals surface area contributed by atoms with Gasteiger partial charge in [0.05, 0.1) is 0 Å². The Morgan fingerprint density at radius 1 is 1.38 bits per heavy atom. The van der Waals surface area contributed by atoms with E-state index in [9.17, 15) is 0 Å². The first-order valence-corrected chi connectivity index (χ1v) is 5.21. The molecule has 0 bridgehead atoms. The lowest BCUT2D eigenvalue weighted by Crippen LogP contribution is -2.39. The van der Waals surface area contributed by atoms with Crippen LogP contribution >= 0.6 is 0 Å². The van der Waals surface area contributed by atoms with Crippen molar-refractivity contribution in [3.8, 4) is 0 Å². The van der Waals surface area contributed by atoms with E-state index in [0.29, 0.717) is 5.41 Å². The van der Waals surface area contributed by atoms with Crippen molar-refractivity contribution in [2.45, 2.75) is 33.6 Å². The first kappa shape index (κ1) is 10.8. The van der Waals surface area contributed by atoms with Crippen molar-refractivity contribution in [2.75, 3.05) is 19.6 Å². The van der Waals surface area contributed by atoms with Gasteiger partial charge < -0.3 is 4.90 Å². The van der Waals surface area contributed by atoms with Crippen molar-refractivity contribution in [2.24, 2.45) is 5.41 Å². The van der Waals surface area contributed by atoms with Gasteiger partial charge in [0.2, 0.25) is 0 Å². The second kappa shape index (κ2) is 4.28. The lowest BCUT2D eigenvalue weighted by atomic mass is 9.80. The van der Waals surface area contributed by atoms with Crippen LogP contribution in [0.5, 0.6) is 0 Å². The maximum atomic E-state index is 3.92. The van der Waals surface area contributed by atoms with Crippen LogP contribution in [0.4, 0.5) is 0 Å². The monoisotopic (exact) mass is 180 g/mol. The molecule has 1 nitrogen and oxygen atoms in total. The third-order valence-electron chi connectivity index (χ3n) is 3.03. The van der Waals surface area contributed by atoms with E-state index < -0.39 is 0 Å². The summed E-state index contributed by atoms with van der Waals surface area (Å²) in [7, 11) is 0. The lowest BCUT2D eigenvalue weighted by Gasteiger charge is -2.38. The molecule has 0 aromatic rings. The van der Waals surface area contributed by atoms with Crippen molar-refractivity contribution >= 4 is 0 Å². The lowest BCUT2D eigenvalue weighted by molar-refractivity contribution is 0.157. The minimum absolute atomic E-state index is 0.401. The maximum Gasteiger partial charge on any atom is 0.00383 e. The van der Waals surface area contributed by atoms with Crippen LogP contribution in [0.2, 0.25) is 0 Å². The normalized spacial score (nSPS) is 23.4. The Balaban J connectivity index is 2.34. The Kier molecular flexibility index (Phi) is 3.55. The Hall–Kier alpha value is -0.300. The van der Waals surface area contributed by atoms with Crippen LogP contribution in [0.15, 0.2) is 12.7 Å². The number of likely N-dealkylation sites (tertiary alicyclic amines) is 1. The fraction of sp³-hybridized carbons (Fsp3) is 0.750. The van der Waals surface area contributed by atoms with Gasteiger partial charge in [0.15, 0.2) is 0 Å². The molecule has 0 aromatic heterocycles. The van der Waals surface area contributed by atoms with Gasteiger partial charge in [-0.25, -0.2) is 0 Å². The highest BCUT2D eigenvalue weighted by Crippen LogP contribution is 2.31. The van der Waals surface area contributed by atoms with Gasteiger partial charge >= 0.3 is 0 Å². The quantitative estimate of drug-likeness (QED) is 0.604. The summed E-state index contributed by atoms with van der Waals surface area (Å²) in [4.78, 5) is 2.54. The molecule has 1 saturated heterocycles. The molecule has 1 aliphatic rings. The summed E-state index contributed by atoms with van der Waals surface area (Å²) in [5.41, 5.74) is 0.401. The fourth-order valence-electron chi connectivity index (χ4n) is 1.87. The van der Waals surface area contributed by atoms with Gasteiger partial charge in [0.25, 0.3) is 0 Å². The summed E-state index contributed by atoms with van der Waals surface area (Å²) in [5.74, 6) is 1.52.